The Balaban J connectivity index is 2.09. The van der Waals surface area contributed by atoms with E-state index < -0.39 is 0 Å². The first-order valence-electron chi connectivity index (χ1n) is 7.50. The van der Waals surface area contributed by atoms with Gasteiger partial charge in [-0.05, 0) is 29.9 Å². The van der Waals surface area contributed by atoms with Crippen LogP contribution in [0.15, 0.2) is 12.3 Å². The van der Waals surface area contributed by atoms with Crippen LogP contribution in [0.1, 0.15) is 46.1 Å². The zero-order valence-electron chi connectivity index (χ0n) is 13.0. The van der Waals surface area contributed by atoms with Crippen molar-refractivity contribution in [2.24, 2.45) is 5.41 Å². The second-order valence-corrected chi connectivity index (χ2v) is 7.28. The maximum atomic E-state index is 6.44. The number of nitrogens with zero attached hydrogens (tertiary/aromatic N) is 2. The topological polar surface area (TPSA) is 28.2 Å². The minimum Gasteiger partial charge on any atom is -0.355 e. The number of hydrogen-bond acceptors (Lipinski definition) is 3. The fourth-order valence-corrected chi connectivity index (χ4v) is 3.03. The molecule has 0 aromatic carbocycles. The lowest BCUT2D eigenvalue weighted by Gasteiger charge is -2.39. The molecule has 0 radical (unpaired) electrons. The van der Waals surface area contributed by atoms with Crippen LogP contribution in [0.4, 0.5) is 5.82 Å². The Kier molecular flexibility index (Phi) is 4.92. The van der Waals surface area contributed by atoms with E-state index in [1.807, 2.05) is 12.3 Å². The van der Waals surface area contributed by atoms with Gasteiger partial charge in [0.1, 0.15) is 5.82 Å². The standard InChI is InChI=1S/C16H26ClN3/c1-12(2)18-9-13-8-14(17)15(19-10-13)20-7-5-6-16(3,4)11-20/h8,10,12,18H,5-7,9,11H2,1-4H3. The molecule has 1 aliphatic rings. The molecular formula is C16H26ClN3. The van der Waals surface area contributed by atoms with Crippen molar-refractivity contribution in [2.75, 3.05) is 18.0 Å². The van der Waals surface area contributed by atoms with Gasteiger partial charge in [-0.2, -0.15) is 0 Å². The predicted molar refractivity (Wildman–Crippen MR) is 86.5 cm³/mol. The minimum atomic E-state index is 0.348. The fraction of sp³-hybridized carbons (Fsp3) is 0.688. The summed E-state index contributed by atoms with van der Waals surface area (Å²) in [5.41, 5.74) is 1.49. The van der Waals surface area contributed by atoms with Gasteiger partial charge in [-0.25, -0.2) is 4.98 Å². The summed E-state index contributed by atoms with van der Waals surface area (Å²) >= 11 is 6.44. The van der Waals surface area contributed by atoms with Crippen molar-refractivity contribution in [1.29, 1.82) is 0 Å². The van der Waals surface area contributed by atoms with E-state index >= 15 is 0 Å². The third-order valence-electron chi connectivity index (χ3n) is 3.79. The van der Waals surface area contributed by atoms with E-state index in [1.54, 1.807) is 0 Å². The summed E-state index contributed by atoms with van der Waals surface area (Å²) in [5, 5.41) is 4.16. The minimum absolute atomic E-state index is 0.348. The third kappa shape index (κ3) is 4.10. The Bertz CT molecular complexity index is 457. The van der Waals surface area contributed by atoms with Crippen molar-refractivity contribution in [3.63, 3.8) is 0 Å². The van der Waals surface area contributed by atoms with Gasteiger partial charge >= 0.3 is 0 Å². The number of anilines is 1. The van der Waals surface area contributed by atoms with Crippen molar-refractivity contribution < 1.29 is 0 Å². The molecule has 1 aromatic rings. The highest BCUT2D eigenvalue weighted by molar-refractivity contribution is 6.33. The molecule has 4 heteroatoms. The molecule has 0 amide bonds. The average molecular weight is 296 g/mol. The van der Waals surface area contributed by atoms with E-state index in [4.69, 9.17) is 11.6 Å². The van der Waals surface area contributed by atoms with E-state index in [9.17, 15) is 0 Å². The SMILES string of the molecule is CC(C)NCc1cnc(N2CCCC(C)(C)C2)c(Cl)c1. The number of piperidine rings is 1. The highest BCUT2D eigenvalue weighted by Gasteiger charge is 2.28. The zero-order chi connectivity index (χ0) is 14.8. The van der Waals surface area contributed by atoms with Crippen molar-refractivity contribution in [3.05, 3.63) is 22.8 Å². The second kappa shape index (κ2) is 6.31. The molecule has 2 heterocycles. The molecule has 0 unspecified atom stereocenters. The predicted octanol–water partition coefficient (Wildman–Crippen LogP) is 3.86. The number of halogens is 1. The van der Waals surface area contributed by atoms with E-state index in [2.05, 4.69) is 42.9 Å². The van der Waals surface area contributed by atoms with Gasteiger partial charge in [-0.1, -0.05) is 39.3 Å². The van der Waals surface area contributed by atoms with E-state index in [1.165, 1.54) is 12.8 Å². The Morgan fingerprint density at radius 2 is 2.20 bits per heavy atom. The molecule has 0 saturated carbocycles. The quantitative estimate of drug-likeness (QED) is 0.914. The van der Waals surface area contributed by atoms with Gasteiger partial charge in [0.25, 0.3) is 0 Å². The number of hydrogen-bond donors (Lipinski definition) is 1. The van der Waals surface area contributed by atoms with Crippen molar-refractivity contribution in [3.8, 4) is 0 Å². The van der Waals surface area contributed by atoms with Crippen molar-refractivity contribution in [2.45, 2.75) is 53.1 Å². The van der Waals surface area contributed by atoms with Gasteiger partial charge in [0, 0.05) is 31.9 Å². The lowest BCUT2D eigenvalue weighted by molar-refractivity contribution is 0.292. The molecule has 0 aliphatic carbocycles. The maximum absolute atomic E-state index is 6.44. The molecule has 1 aromatic heterocycles. The molecule has 3 nitrogen and oxygen atoms in total. The lowest BCUT2D eigenvalue weighted by atomic mass is 9.84. The van der Waals surface area contributed by atoms with Crippen LogP contribution >= 0.6 is 11.6 Å². The summed E-state index contributed by atoms with van der Waals surface area (Å²) in [4.78, 5) is 6.92. The fourth-order valence-electron chi connectivity index (χ4n) is 2.73. The van der Waals surface area contributed by atoms with E-state index in [-0.39, 0.29) is 0 Å². The molecule has 0 atom stereocenters. The molecule has 0 bridgehead atoms. The summed E-state index contributed by atoms with van der Waals surface area (Å²) in [7, 11) is 0. The number of rotatable bonds is 4. The van der Waals surface area contributed by atoms with E-state index in [0.717, 1.165) is 36.0 Å². The lowest BCUT2D eigenvalue weighted by Crippen LogP contribution is -2.40. The zero-order valence-corrected chi connectivity index (χ0v) is 13.8. The largest absolute Gasteiger partial charge is 0.355 e. The van der Waals surface area contributed by atoms with Crippen LogP contribution in [-0.4, -0.2) is 24.1 Å². The van der Waals surface area contributed by atoms with Gasteiger partial charge < -0.3 is 10.2 Å². The van der Waals surface area contributed by atoms with Crippen LogP contribution in [0.5, 0.6) is 0 Å². The maximum Gasteiger partial charge on any atom is 0.147 e. The van der Waals surface area contributed by atoms with E-state index in [0.29, 0.717) is 11.5 Å². The van der Waals surface area contributed by atoms with Crippen LogP contribution in [0, 0.1) is 5.41 Å². The molecule has 1 saturated heterocycles. The smallest absolute Gasteiger partial charge is 0.147 e. The molecule has 1 aliphatic heterocycles. The van der Waals surface area contributed by atoms with Crippen LogP contribution in [-0.2, 0) is 6.54 Å². The Morgan fingerprint density at radius 1 is 1.45 bits per heavy atom. The number of nitrogens with one attached hydrogen (secondary N) is 1. The van der Waals surface area contributed by atoms with Gasteiger partial charge in [-0.15, -0.1) is 0 Å². The molecular weight excluding hydrogens is 270 g/mol. The Labute approximate surface area is 127 Å². The van der Waals surface area contributed by atoms with Crippen LogP contribution < -0.4 is 10.2 Å². The number of pyridine rings is 1. The second-order valence-electron chi connectivity index (χ2n) is 6.87. The van der Waals surface area contributed by atoms with Crippen LogP contribution in [0.25, 0.3) is 0 Å². The first-order chi connectivity index (χ1) is 9.37. The average Bonchev–Trinajstić information content (AvgIpc) is 2.35. The molecule has 112 valence electrons. The van der Waals surface area contributed by atoms with Crippen molar-refractivity contribution in [1.82, 2.24) is 10.3 Å². The monoisotopic (exact) mass is 295 g/mol. The Morgan fingerprint density at radius 3 is 2.80 bits per heavy atom. The first-order valence-corrected chi connectivity index (χ1v) is 7.88. The summed E-state index contributed by atoms with van der Waals surface area (Å²) in [6.45, 7) is 11.8. The first kappa shape index (κ1) is 15.6. The molecule has 1 N–H and O–H groups in total. The van der Waals surface area contributed by atoms with Gasteiger partial charge in [0.05, 0.1) is 5.02 Å². The summed E-state index contributed by atoms with van der Waals surface area (Å²) in [6.07, 6.45) is 4.43. The van der Waals surface area contributed by atoms with Crippen LogP contribution in [0.2, 0.25) is 5.02 Å². The molecule has 20 heavy (non-hydrogen) atoms. The Hall–Kier alpha value is -0.800. The molecule has 0 spiro atoms. The summed E-state index contributed by atoms with van der Waals surface area (Å²) in [5.74, 6) is 0.938. The van der Waals surface area contributed by atoms with Gasteiger partial charge in [-0.3, -0.25) is 0 Å². The summed E-state index contributed by atoms with van der Waals surface area (Å²) < 4.78 is 0. The number of aromatic nitrogens is 1. The van der Waals surface area contributed by atoms with Gasteiger partial charge in [0.2, 0.25) is 0 Å². The highest BCUT2D eigenvalue weighted by Crippen LogP contribution is 2.33. The van der Waals surface area contributed by atoms with Gasteiger partial charge in [0.15, 0.2) is 0 Å². The van der Waals surface area contributed by atoms with Crippen LogP contribution in [0.3, 0.4) is 0 Å². The van der Waals surface area contributed by atoms with Crippen molar-refractivity contribution >= 4 is 17.4 Å². The molecule has 1 fully saturated rings. The normalized spacial score (nSPS) is 18.6. The summed E-state index contributed by atoms with van der Waals surface area (Å²) in [6, 6.07) is 2.51. The third-order valence-corrected chi connectivity index (χ3v) is 4.07. The molecule has 2 rings (SSSR count). The highest BCUT2D eigenvalue weighted by atomic mass is 35.5.